The lowest BCUT2D eigenvalue weighted by molar-refractivity contribution is -0.147. The predicted molar refractivity (Wildman–Crippen MR) is 137 cm³/mol. The largest absolute Gasteiger partial charge is 0.420 e. The number of aryl methyl sites for hydroxylation is 1. The number of carbonyl (C=O) groups excluding carboxylic acids is 1. The van der Waals surface area contributed by atoms with Gasteiger partial charge in [0.25, 0.3) is 0 Å². The molecule has 0 saturated heterocycles. The van der Waals surface area contributed by atoms with Crippen LogP contribution in [0.3, 0.4) is 0 Å². The van der Waals surface area contributed by atoms with Gasteiger partial charge in [0.15, 0.2) is 5.82 Å². The molecule has 202 valence electrons. The maximum atomic E-state index is 13.5. The van der Waals surface area contributed by atoms with E-state index >= 15 is 0 Å². The highest BCUT2D eigenvalue weighted by molar-refractivity contribution is 5.96. The average Bonchev–Trinajstić information content (AvgIpc) is 3.85. The van der Waals surface area contributed by atoms with Gasteiger partial charge in [-0.3, -0.25) is 4.79 Å². The zero-order valence-electron chi connectivity index (χ0n) is 21.5. The van der Waals surface area contributed by atoms with E-state index in [1.807, 2.05) is 24.3 Å². The summed E-state index contributed by atoms with van der Waals surface area (Å²) in [6.45, 7) is 6.44. The summed E-state index contributed by atoms with van der Waals surface area (Å²) in [6.07, 6.45) is 6.72. The highest BCUT2D eigenvalue weighted by Crippen LogP contribution is 2.44. The number of alkyl halides is 2. The Balaban J connectivity index is 0.00000144. The second kappa shape index (κ2) is 11.1. The first kappa shape index (κ1) is 26.2. The molecule has 1 amide bonds. The Labute approximate surface area is 220 Å². The Morgan fingerprint density at radius 2 is 1.82 bits per heavy atom. The van der Waals surface area contributed by atoms with Crippen molar-refractivity contribution in [1.29, 1.82) is 0 Å². The molecule has 10 heteroatoms. The molecule has 6 rings (SSSR count). The van der Waals surface area contributed by atoms with E-state index in [0.717, 1.165) is 50.8 Å². The van der Waals surface area contributed by atoms with Gasteiger partial charge in [0, 0.05) is 54.8 Å². The van der Waals surface area contributed by atoms with Crippen molar-refractivity contribution in [1.82, 2.24) is 20.3 Å². The van der Waals surface area contributed by atoms with Crippen molar-refractivity contribution in [2.24, 2.45) is 5.92 Å². The number of halogens is 2. The maximum absolute atomic E-state index is 13.5. The van der Waals surface area contributed by atoms with Gasteiger partial charge in [-0.1, -0.05) is 17.6 Å². The van der Waals surface area contributed by atoms with E-state index in [9.17, 15) is 13.6 Å². The Morgan fingerprint density at radius 3 is 2.53 bits per heavy atom. The number of benzene rings is 1. The highest BCUT2D eigenvalue weighted by Gasteiger charge is 2.50. The molecular weight excluding hydrogens is 492 g/mol. The monoisotopic (exact) mass is 525 g/mol. The van der Waals surface area contributed by atoms with Crippen LogP contribution in [-0.2, 0) is 11.2 Å². The third kappa shape index (κ3) is 6.16. The third-order valence-corrected chi connectivity index (χ3v) is 7.18. The third-order valence-electron chi connectivity index (χ3n) is 7.18. The van der Waals surface area contributed by atoms with Crippen LogP contribution in [0.2, 0.25) is 0 Å². The highest BCUT2D eigenvalue weighted by atomic mass is 19.3. The van der Waals surface area contributed by atoms with E-state index in [1.54, 1.807) is 4.90 Å². The molecule has 0 unspecified atom stereocenters. The van der Waals surface area contributed by atoms with Crippen LogP contribution in [0, 0.1) is 5.92 Å². The molecule has 3 fully saturated rings. The fraction of sp³-hybridized carbons (Fsp3) is 0.536. The fourth-order valence-corrected chi connectivity index (χ4v) is 4.68. The molecule has 0 N–H and O–H groups in total. The number of aromatic nitrogens is 4. The Bertz CT molecular complexity index is 1240. The minimum atomic E-state index is -2.75. The van der Waals surface area contributed by atoms with Gasteiger partial charge < -0.3 is 13.8 Å². The predicted octanol–water partition coefficient (Wildman–Crippen LogP) is 6.47. The minimum absolute atomic E-state index is 0.256. The first-order valence-electron chi connectivity index (χ1n) is 13.4. The van der Waals surface area contributed by atoms with E-state index in [1.165, 1.54) is 0 Å². The van der Waals surface area contributed by atoms with Crippen molar-refractivity contribution in [3.8, 4) is 11.5 Å². The van der Waals surface area contributed by atoms with Gasteiger partial charge in [0.1, 0.15) is 0 Å². The van der Waals surface area contributed by atoms with E-state index in [0.29, 0.717) is 53.7 Å². The second-order valence-corrected chi connectivity index (χ2v) is 10.4. The summed E-state index contributed by atoms with van der Waals surface area (Å²) in [6, 6.07) is 7.34. The molecule has 0 bridgehead atoms. The molecule has 38 heavy (non-hydrogen) atoms. The fourth-order valence-electron chi connectivity index (χ4n) is 4.68. The molecule has 1 aromatic carbocycles. The standard InChI is InChI=1S/C26H29F2N5O3.C2H4/c27-26(28)14-19(15-26)25(34)33(12-3-1-2-7-21-29-22(32-36-21)16-8-9-16)20-6-4-5-18(13-20)24-31-30-23(35-24)17-10-11-17;1-2/h4-6,13,16-17,19H,1-3,7-12,14-15H2;1-2H2. The summed E-state index contributed by atoms with van der Waals surface area (Å²) >= 11 is 0. The first-order valence-corrected chi connectivity index (χ1v) is 13.4. The molecule has 0 spiro atoms. The van der Waals surface area contributed by atoms with Crippen LogP contribution in [-0.4, -0.2) is 38.7 Å². The molecule has 0 atom stereocenters. The van der Waals surface area contributed by atoms with Crippen LogP contribution < -0.4 is 4.90 Å². The van der Waals surface area contributed by atoms with Crippen molar-refractivity contribution < 1.29 is 22.5 Å². The normalized spacial score (nSPS) is 18.4. The minimum Gasteiger partial charge on any atom is -0.420 e. The first-order chi connectivity index (χ1) is 18.4. The molecule has 3 aliphatic rings. The number of hydrogen-bond acceptors (Lipinski definition) is 7. The zero-order chi connectivity index (χ0) is 26.7. The van der Waals surface area contributed by atoms with Gasteiger partial charge in [-0.05, 0) is 56.7 Å². The van der Waals surface area contributed by atoms with Crippen molar-refractivity contribution in [2.45, 2.75) is 82.0 Å². The summed E-state index contributed by atoms with van der Waals surface area (Å²) in [5.41, 5.74) is 1.37. The van der Waals surface area contributed by atoms with Crippen LogP contribution in [0.5, 0.6) is 0 Å². The molecule has 0 aliphatic heterocycles. The molecular formula is C28H33F2N5O3. The second-order valence-electron chi connectivity index (χ2n) is 10.4. The van der Waals surface area contributed by atoms with Crippen LogP contribution >= 0.6 is 0 Å². The quantitative estimate of drug-likeness (QED) is 0.209. The van der Waals surface area contributed by atoms with Gasteiger partial charge in [-0.25, -0.2) is 8.78 Å². The average molecular weight is 526 g/mol. The number of unbranched alkanes of at least 4 members (excludes halogenated alkanes) is 2. The lowest BCUT2D eigenvalue weighted by Gasteiger charge is -2.37. The van der Waals surface area contributed by atoms with Crippen molar-refractivity contribution in [3.63, 3.8) is 0 Å². The topological polar surface area (TPSA) is 98.2 Å². The Morgan fingerprint density at radius 1 is 1.05 bits per heavy atom. The van der Waals surface area contributed by atoms with Crippen LogP contribution in [0.15, 0.2) is 46.4 Å². The van der Waals surface area contributed by atoms with E-state index in [4.69, 9.17) is 8.94 Å². The molecule has 2 aromatic heterocycles. The van der Waals surface area contributed by atoms with Gasteiger partial charge in [0.2, 0.25) is 29.5 Å². The Kier molecular flexibility index (Phi) is 7.67. The van der Waals surface area contributed by atoms with E-state index in [-0.39, 0.29) is 5.91 Å². The number of nitrogens with zero attached hydrogens (tertiary/aromatic N) is 5. The maximum Gasteiger partial charge on any atom is 0.249 e. The molecule has 3 saturated carbocycles. The number of amides is 1. The van der Waals surface area contributed by atoms with E-state index in [2.05, 4.69) is 33.5 Å². The van der Waals surface area contributed by atoms with Crippen LogP contribution in [0.4, 0.5) is 14.5 Å². The Hall–Kier alpha value is -3.43. The SMILES string of the molecule is C=C.O=C(C1CC(F)(F)C1)N(CCCCCc1nc(C2CC2)no1)c1cccc(-c2nnc(C3CC3)o2)c1. The van der Waals surface area contributed by atoms with Gasteiger partial charge in [-0.15, -0.1) is 23.4 Å². The van der Waals surface area contributed by atoms with E-state index < -0.39 is 24.7 Å². The molecule has 8 nitrogen and oxygen atoms in total. The van der Waals surface area contributed by atoms with Crippen LogP contribution in [0.25, 0.3) is 11.5 Å². The smallest absolute Gasteiger partial charge is 0.249 e. The zero-order valence-corrected chi connectivity index (χ0v) is 21.5. The summed E-state index contributed by atoms with van der Waals surface area (Å²) in [4.78, 5) is 19.3. The van der Waals surface area contributed by atoms with Gasteiger partial charge >= 0.3 is 0 Å². The van der Waals surface area contributed by atoms with Gasteiger partial charge in [-0.2, -0.15) is 4.98 Å². The van der Waals surface area contributed by atoms with Crippen molar-refractivity contribution in [2.75, 3.05) is 11.4 Å². The summed E-state index contributed by atoms with van der Waals surface area (Å²) in [5.74, 6) is -0.341. The number of hydrogen-bond donors (Lipinski definition) is 0. The lowest BCUT2D eigenvalue weighted by atomic mass is 9.80. The number of anilines is 1. The molecule has 2 heterocycles. The van der Waals surface area contributed by atoms with Crippen molar-refractivity contribution >= 4 is 11.6 Å². The summed E-state index contributed by atoms with van der Waals surface area (Å²) in [5, 5.41) is 12.4. The van der Waals surface area contributed by atoms with Crippen molar-refractivity contribution in [3.05, 3.63) is 55.0 Å². The van der Waals surface area contributed by atoms with Gasteiger partial charge in [0.05, 0.1) is 0 Å². The summed E-state index contributed by atoms with van der Waals surface area (Å²) in [7, 11) is 0. The molecule has 3 aliphatic carbocycles. The lowest BCUT2D eigenvalue weighted by Crippen LogP contribution is -2.47. The van der Waals surface area contributed by atoms with Crippen LogP contribution in [0.1, 0.15) is 87.2 Å². The number of rotatable bonds is 11. The number of carbonyl (C=O) groups is 1. The molecule has 3 aromatic rings. The summed E-state index contributed by atoms with van der Waals surface area (Å²) < 4.78 is 38.2. The molecule has 0 radical (unpaired) electrons.